The number of aliphatic hydroxyl groups excluding tert-OH is 1. The maximum Gasteiger partial charge on any atom is 0.254 e. The number of hydrogen-bond donors (Lipinski definition) is 1. The summed E-state index contributed by atoms with van der Waals surface area (Å²) in [6, 6.07) is -0.0433. The molecule has 0 spiro atoms. The van der Waals surface area contributed by atoms with Gasteiger partial charge in [-0.1, -0.05) is 6.92 Å². The predicted octanol–water partition coefficient (Wildman–Crippen LogP) is 3.07. The number of nitrogens with zero attached hydrogens (tertiary/aromatic N) is 1. The van der Waals surface area contributed by atoms with Crippen molar-refractivity contribution < 1.29 is 9.90 Å². The molecule has 2 atom stereocenters. The molecule has 21 heavy (non-hydrogen) atoms. The minimum Gasteiger partial charge on any atom is -0.394 e. The number of rotatable bonds is 2. The van der Waals surface area contributed by atoms with Crippen molar-refractivity contribution in [3.63, 3.8) is 0 Å². The summed E-state index contributed by atoms with van der Waals surface area (Å²) >= 11 is 0. The van der Waals surface area contributed by atoms with Crippen LogP contribution in [0.15, 0.2) is 0 Å². The number of likely N-dealkylation sites (tertiary alicyclic amines) is 1. The minimum atomic E-state index is -0.0433. The molecule has 1 heterocycles. The van der Waals surface area contributed by atoms with E-state index in [0.29, 0.717) is 5.92 Å². The molecule has 116 valence electrons. The van der Waals surface area contributed by atoms with Gasteiger partial charge in [-0.2, -0.15) is 0 Å². The SMILES string of the molecule is Cc1c(C)c(C)c(C(=O)N2CCC(C)C2CO)c(C)c1C. The van der Waals surface area contributed by atoms with Gasteiger partial charge in [-0.25, -0.2) is 0 Å². The molecule has 1 aliphatic heterocycles. The van der Waals surface area contributed by atoms with E-state index in [9.17, 15) is 9.90 Å². The monoisotopic (exact) mass is 289 g/mol. The van der Waals surface area contributed by atoms with Crippen LogP contribution in [0.5, 0.6) is 0 Å². The molecule has 0 bridgehead atoms. The van der Waals surface area contributed by atoms with Gasteiger partial charge in [0.05, 0.1) is 12.6 Å². The second kappa shape index (κ2) is 5.80. The fourth-order valence-electron chi connectivity index (χ4n) is 3.50. The largest absolute Gasteiger partial charge is 0.394 e. The quantitative estimate of drug-likeness (QED) is 0.909. The van der Waals surface area contributed by atoms with E-state index in [4.69, 9.17) is 0 Å². The van der Waals surface area contributed by atoms with Crippen LogP contribution < -0.4 is 0 Å². The Balaban J connectivity index is 2.50. The van der Waals surface area contributed by atoms with Crippen molar-refractivity contribution in [1.82, 2.24) is 4.90 Å². The maximum absolute atomic E-state index is 13.0. The van der Waals surface area contributed by atoms with Gasteiger partial charge in [0.1, 0.15) is 0 Å². The fourth-order valence-corrected chi connectivity index (χ4v) is 3.50. The molecule has 0 radical (unpaired) electrons. The van der Waals surface area contributed by atoms with E-state index in [2.05, 4.69) is 27.7 Å². The van der Waals surface area contributed by atoms with Crippen LogP contribution >= 0.6 is 0 Å². The Morgan fingerprint density at radius 2 is 1.52 bits per heavy atom. The molecule has 1 aromatic rings. The highest BCUT2D eigenvalue weighted by Crippen LogP contribution is 2.31. The fraction of sp³-hybridized carbons (Fsp3) is 0.611. The number of hydrogen-bond acceptors (Lipinski definition) is 2. The normalized spacial score (nSPS) is 22.0. The van der Waals surface area contributed by atoms with Crippen molar-refractivity contribution in [2.75, 3.05) is 13.2 Å². The zero-order valence-corrected chi connectivity index (χ0v) is 14.1. The van der Waals surface area contributed by atoms with Crippen LogP contribution in [0.1, 0.15) is 51.5 Å². The highest BCUT2D eigenvalue weighted by molar-refractivity contribution is 5.98. The van der Waals surface area contributed by atoms with E-state index < -0.39 is 0 Å². The molecule has 2 rings (SSSR count). The van der Waals surface area contributed by atoms with Crippen LogP contribution in [-0.2, 0) is 0 Å². The lowest BCUT2D eigenvalue weighted by atomic mass is 9.89. The lowest BCUT2D eigenvalue weighted by molar-refractivity contribution is 0.0646. The van der Waals surface area contributed by atoms with Gasteiger partial charge in [-0.3, -0.25) is 4.79 Å². The average molecular weight is 289 g/mol. The first-order valence-electron chi connectivity index (χ1n) is 7.80. The Kier molecular flexibility index (Phi) is 4.43. The summed E-state index contributed by atoms with van der Waals surface area (Å²) in [5, 5.41) is 9.60. The molecule has 1 aliphatic rings. The van der Waals surface area contributed by atoms with E-state index >= 15 is 0 Å². The van der Waals surface area contributed by atoms with Gasteiger partial charge in [0, 0.05) is 12.1 Å². The summed E-state index contributed by atoms with van der Waals surface area (Å²) in [5.74, 6) is 0.451. The first-order chi connectivity index (χ1) is 9.81. The third-order valence-corrected chi connectivity index (χ3v) is 5.54. The van der Waals surface area contributed by atoms with Gasteiger partial charge < -0.3 is 10.0 Å². The first kappa shape index (κ1) is 16.0. The summed E-state index contributed by atoms with van der Waals surface area (Å²) in [6.45, 7) is 13.3. The lowest BCUT2D eigenvalue weighted by Crippen LogP contribution is -2.40. The number of aliphatic hydroxyl groups is 1. The Morgan fingerprint density at radius 1 is 1.05 bits per heavy atom. The predicted molar refractivity (Wildman–Crippen MR) is 85.8 cm³/mol. The standard InChI is InChI=1S/C18H27NO2/c1-10-7-8-19(16(10)9-20)18(21)17-14(5)12(3)11(2)13(4)15(17)6/h10,16,20H,7-9H2,1-6H3. The number of carbonyl (C=O) groups is 1. The van der Waals surface area contributed by atoms with Gasteiger partial charge in [0.25, 0.3) is 5.91 Å². The average Bonchev–Trinajstić information content (AvgIpc) is 2.84. The summed E-state index contributed by atoms with van der Waals surface area (Å²) in [5.41, 5.74) is 6.68. The molecule has 3 nitrogen and oxygen atoms in total. The summed E-state index contributed by atoms with van der Waals surface area (Å²) in [7, 11) is 0. The van der Waals surface area contributed by atoms with Crippen molar-refractivity contribution in [1.29, 1.82) is 0 Å². The van der Waals surface area contributed by atoms with Crippen molar-refractivity contribution >= 4 is 5.91 Å². The van der Waals surface area contributed by atoms with Crippen LogP contribution in [-0.4, -0.2) is 35.1 Å². The molecule has 1 N–H and O–H groups in total. The molecular weight excluding hydrogens is 262 g/mol. The van der Waals surface area contributed by atoms with Crippen LogP contribution in [0.4, 0.5) is 0 Å². The van der Waals surface area contributed by atoms with Crippen molar-refractivity contribution in [3.05, 3.63) is 33.4 Å². The van der Waals surface area contributed by atoms with E-state index in [1.54, 1.807) is 0 Å². The molecule has 1 saturated heterocycles. The Hall–Kier alpha value is -1.35. The zero-order valence-electron chi connectivity index (χ0n) is 14.1. The van der Waals surface area contributed by atoms with Gasteiger partial charge in [-0.15, -0.1) is 0 Å². The number of carbonyl (C=O) groups excluding carboxylic acids is 1. The molecule has 0 aliphatic carbocycles. The van der Waals surface area contributed by atoms with Crippen LogP contribution in [0.2, 0.25) is 0 Å². The molecule has 3 heteroatoms. The molecule has 1 amide bonds. The van der Waals surface area contributed by atoms with Gasteiger partial charge in [-0.05, 0) is 74.8 Å². The smallest absolute Gasteiger partial charge is 0.254 e. The van der Waals surface area contributed by atoms with Gasteiger partial charge in [0.15, 0.2) is 0 Å². The second-order valence-electron chi connectivity index (χ2n) is 6.51. The molecule has 1 fully saturated rings. The topological polar surface area (TPSA) is 40.5 Å². The van der Waals surface area contributed by atoms with Gasteiger partial charge >= 0.3 is 0 Å². The minimum absolute atomic E-state index is 0.0433. The Bertz CT molecular complexity index is 548. The van der Waals surface area contributed by atoms with E-state index in [1.165, 1.54) is 16.7 Å². The van der Waals surface area contributed by atoms with Crippen molar-refractivity contribution in [2.24, 2.45) is 5.92 Å². The highest BCUT2D eigenvalue weighted by Gasteiger charge is 2.35. The van der Waals surface area contributed by atoms with Gasteiger partial charge in [0.2, 0.25) is 0 Å². The Labute approximate surface area is 128 Å². The molecular formula is C18H27NO2. The Morgan fingerprint density at radius 3 is 2.00 bits per heavy atom. The summed E-state index contributed by atoms with van der Waals surface area (Å²) in [6.07, 6.45) is 0.971. The van der Waals surface area contributed by atoms with E-state index in [-0.39, 0.29) is 18.6 Å². The molecule has 0 aromatic heterocycles. The van der Waals surface area contributed by atoms with Crippen molar-refractivity contribution in [2.45, 2.75) is 54.0 Å². The summed E-state index contributed by atoms with van der Waals surface area (Å²) < 4.78 is 0. The molecule has 1 aromatic carbocycles. The third kappa shape index (κ3) is 2.48. The summed E-state index contributed by atoms with van der Waals surface area (Å²) in [4.78, 5) is 14.9. The molecule has 2 unspecified atom stereocenters. The van der Waals surface area contributed by atoms with Crippen LogP contribution in [0.25, 0.3) is 0 Å². The lowest BCUT2D eigenvalue weighted by Gasteiger charge is -2.28. The highest BCUT2D eigenvalue weighted by atomic mass is 16.3. The van der Waals surface area contributed by atoms with Crippen molar-refractivity contribution in [3.8, 4) is 0 Å². The zero-order chi connectivity index (χ0) is 15.9. The third-order valence-electron chi connectivity index (χ3n) is 5.54. The van der Waals surface area contributed by atoms with E-state index in [1.807, 2.05) is 18.7 Å². The number of amides is 1. The number of benzene rings is 1. The maximum atomic E-state index is 13.0. The second-order valence-corrected chi connectivity index (χ2v) is 6.51. The van der Waals surface area contributed by atoms with Crippen LogP contribution in [0, 0.1) is 40.5 Å². The first-order valence-corrected chi connectivity index (χ1v) is 7.80. The molecule has 0 saturated carbocycles. The van der Waals surface area contributed by atoms with Crippen LogP contribution in [0.3, 0.4) is 0 Å². The van der Waals surface area contributed by atoms with E-state index in [0.717, 1.165) is 29.7 Å².